The lowest BCUT2D eigenvalue weighted by atomic mass is 9.47. The molecule has 0 saturated heterocycles. The molecular weight excluding hydrogens is 480 g/mol. The highest BCUT2D eigenvalue weighted by Gasteiger charge is 2.59. The number of hydrogen-bond acceptors (Lipinski definition) is 3. The SMILES string of the molecule is CCOc1ccc(C(=O)O[C@H]2CC[C@@]3(C)C(=CCC4C3CC[C@@]3(C)C4CC[C@@H]3[C@H](C)CCCC(C)C)C2)cc1. The molecule has 216 valence electrons. The molecular formula is C36H54O3. The fourth-order valence-electron chi connectivity index (χ4n) is 9.83. The molecule has 1 aromatic rings. The Morgan fingerprint density at radius 3 is 2.46 bits per heavy atom. The molecule has 4 aliphatic carbocycles. The van der Waals surface area contributed by atoms with Gasteiger partial charge in [-0.3, -0.25) is 0 Å². The smallest absolute Gasteiger partial charge is 0.338 e. The van der Waals surface area contributed by atoms with Crippen LogP contribution in [-0.4, -0.2) is 18.7 Å². The second-order valence-electron chi connectivity index (χ2n) is 14.5. The molecule has 8 atom stereocenters. The van der Waals surface area contributed by atoms with E-state index in [-0.39, 0.29) is 17.5 Å². The van der Waals surface area contributed by atoms with E-state index in [2.05, 4.69) is 40.7 Å². The second-order valence-corrected chi connectivity index (χ2v) is 14.5. The normalized spacial score (nSPS) is 36.4. The summed E-state index contributed by atoms with van der Waals surface area (Å²) in [6.45, 7) is 15.1. The summed E-state index contributed by atoms with van der Waals surface area (Å²) in [5.74, 6) is 5.72. The highest BCUT2D eigenvalue weighted by atomic mass is 16.5. The van der Waals surface area contributed by atoms with Crippen molar-refractivity contribution in [1.82, 2.24) is 0 Å². The first kappa shape index (κ1) is 28.7. The Kier molecular flexibility index (Phi) is 8.56. The number of fused-ring (bicyclic) bond motifs is 5. The predicted molar refractivity (Wildman–Crippen MR) is 160 cm³/mol. The van der Waals surface area contributed by atoms with Gasteiger partial charge in [0.2, 0.25) is 0 Å². The molecule has 0 aromatic heterocycles. The van der Waals surface area contributed by atoms with Gasteiger partial charge >= 0.3 is 5.97 Å². The zero-order valence-electron chi connectivity index (χ0n) is 25.6. The molecule has 3 heteroatoms. The molecule has 0 aliphatic heterocycles. The molecule has 1 aromatic carbocycles. The van der Waals surface area contributed by atoms with E-state index >= 15 is 0 Å². The van der Waals surface area contributed by atoms with Crippen molar-refractivity contribution in [3.05, 3.63) is 41.5 Å². The van der Waals surface area contributed by atoms with Crippen molar-refractivity contribution in [2.75, 3.05) is 6.61 Å². The lowest BCUT2D eigenvalue weighted by Gasteiger charge is -2.58. The van der Waals surface area contributed by atoms with Crippen molar-refractivity contribution in [2.45, 2.75) is 118 Å². The van der Waals surface area contributed by atoms with Crippen LogP contribution in [0.25, 0.3) is 0 Å². The molecule has 0 amide bonds. The standard InChI is InChI=1S/C36H54O3/c1-7-38-28-14-11-26(12-15-28)34(37)39-29-19-21-35(5)27(23-29)13-16-30-32-18-17-31(25(4)10-8-9-24(2)3)36(32,6)22-20-33(30)35/h11-15,24-25,29-33H,7-10,16-23H2,1-6H3/t25-,29+,30?,31-,32?,33?,35+,36-/m1/s1. The Bertz CT molecular complexity index is 1020. The third kappa shape index (κ3) is 5.58. The van der Waals surface area contributed by atoms with E-state index in [4.69, 9.17) is 9.47 Å². The van der Waals surface area contributed by atoms with Crippen LogP contribution in [-0.2, 0) is 4.74 Å². The van der Waals surface area contributed by atoms with E-state index < -0.39 is 0 Å². The van der Waals surface area contributed by atoms with Crippen LogP contribution in [0.2, 0.25) is 0 Å². The minimum Gasteiger partial charge on any atom is -0.494 e. The van der Waals surface area contributed by atoms with Crippen molar-refractivity contribution in [3.63, 3.8) is 0 Å². The van der Waals surface area contributed by atoms with Gasteiger partial charge in [-0.1, -0.05) is 65.5 Å². The second kappa shape index (κ2) is 11.6. The molecule has 0 radical (unpaired) electrons. The van der Waals surface area contributed by atoms with Crippen LogP contribution in [0.15, 0.2) is 35.9 Å². The van der Waals surface area contributed by atoms with E-state index in [1.807, 2.05) is 31.2 Å². The molecule has 0 spiro atoms. The predicted octanol–water partition coefficient (Wildman–Crippen LogP) is 9.65. The van der Waals surface area contributed by atoms with Gasteiger partial charge in [-0.2, -0.15) is 0 Å². The van der Waals surface area contributed by atoms with Gasteiger partial charge in [0.15, 0.2) is 0 Å². The summed E-state index contributed by atoms with van der Waals surface area (Å²) in [4.78, 5) is 12.9. The summed E-state index contributed by atoms with van der Waals surface area (Å²) < 4.78 is 11.6. The summed E-state index contributed by atoms with van der Waals surface area (Å²) >= 11 is 0. The van der Waals surface area contributed by atoms with E-state index in [0.717, 1.165) is 60.5 Å². The lowest BCUT2D eigenvalue weighted by Crippen LogP contribution is -2.51. The molecule has 3 saturated carbocycles. The maximum absolute atomic E-state index is 12.9. The molecule has 4 aliphatic rings. The fourth-order valence-corrected chi connectivity index (χ4v) is 9.83. The summed E-state index contributed by atoms with van der Waals surface area (Å²) in [7, 11) is 0. The number of esters is 1. The molecule has 0 heterocycles. The van der Waals surface area contributed by atoms with Crippen LogP contribution in [0.4, 0.5) is 0 Å². The van der Waals surface area contributed by atoms with Crippen molar-refractivity contribution in [3.8, 4) is 5.75 Å². The summed E-state index contributed by atoms with van der Waals surface area (Å²) in [6.07, 6.45) is 16.8. The molecule has 0 bridgehead atoms. The van der Waals surface area contributed by atoms with Crippen LogP contribution in [0.5, 0.6) is 5.75 Å². The number of hydrogen-bond donors (Lipinski definition) is 0. The van der Waals surface area contributed by atoms with Gasteiger partial charge in [-0.15, -0.1) is 0 Å². The van der Waals surface area contributed by atoms with Gasteiger partial charge in [-0.05, 0) is 122 Å². The highest BCUT2D eigenvalue weighted by molar-refractivity contribution is 5.89. The van der Waals surface area contributed by atoms with E-state index in [1.54, 1.807) is 5.57 Å². The van der Waals surface area contributed by atoms with E-state index in [9.17, 15) is 4.79 Å². The molecule has 5 rings (SSSR count). The van der Waals surface area contributed by atoms with Gasteiger partial charge in [0, 0.05) is 6.42 Å². The van der Waals surface area contributed by atoms with Crippen molar-refractivity contribution in [2.24, 2.45) is 46.3 Å². The summed E-state index contributed by atoms with van der Waals surface area (Å²) in [5, 5.41) is 0. The fraction of sp³-hybridized carbons (Fsp3) is 0.750. The molecule has 39 heavy (non-hydrogen) atoms. The number of rotatable bonds is 9. The molecule has 3 unspecified atom stereocenters. The van der Waals surface area contributed by atoms with Crippen LogP contribution in [0, 0.1) is 46.3 Å². The first-order valence-electron chi connectivity index (χ1n) is 16.3. The summed E-state index contributed by atoms with van der Waals surface area (Å²) in [5.41, 5.74) is 3.02. The van der Waals surface area contributed by atoms with Crippen LogP contribution >= 0.6 is 0 Å². The number of allylic oxidation sites excluding steroid dienone is 1. The Morgan fingerprint density at radius 1 is 0.974 bits per heavy atom. The van der Waals surface area contributed by atoms with Crippen molar-refractivity contribution in [1.29, 1.82) is 0 Å². The first-order valence-corrected chi connectivity index (χ1v) is 16.3. The van der Waals surface area contributed by atoms with Gasteiger partial charge in [0.25, 0.3) is 0 Å². The summed E-state index contributed by atoms with van der Waals surface area (Å²) in [6, 6.07) is 7.37. The Hall–Kier alpha value is -1.77. The van der Waals surface area contributed by atoms with Crippen LogP contribution in [0.3, 0.4) is 0 Å². The quantitative estimate of drug-likeness (QED) is 0.234. The first-order chi connectivity index (χ1) is 18.7. The number of ether oxygens (including phenoxy) is 2. The number of carbonyl (C=O) groups is 1. The minimum atomic E-state index is -0.200. The maximum atomic E-state index is 12.9. The van der Waals surface area contributed by atoms with Crippen molar-refractivity contribution >= 4 is 5.97 Å². The largest absolute Gasteiger partial charge is 0.494 e. The number of benzene rings is 1. The maximum Gasteiger partial charge on any atom is 0.338 e. The number of carbonyl (C=O) groups excluding carboxylic acids is 1. The van der Waals surface area contributed by atoms with E-state index in [1.165, 1.54) is 51.4 Å². The van der Waals surface area contributed by atoms with Gasteiger partial charge in [0.05, 0.1) is 12.2 Å². The zero-order valence-corrected chi connectivity index (χ0v) is 25.6. The van der Waals surface area contributed by atoms with Crippen LogP contribution in [0.1, 0.15) is 123 Å². The lowest BCUT2D eigenvalue weighted by molar-refractivity contribution is -0.0594. The Balaban J connectivity index is 1.22. The Morgan fingerprint density at radius 2 is 1.74 bits per heavy atom. The zero-order chi connectivity index (χ0) is 27.8. The third-order valence-corrected chi connectivity index (χ3v) is 11.9. The highest BCUT2D eigenvalue weighted by Crippen LogP contribution is 2.67. The third-order valence-electron chi connectivity index (χ3n) is 11.9. The monoisotopic (exact) mass is 534 g/mol. The van der Waals surface area contributed by atoms with E-state index in [0.29, 0.717) is 17.6 Å². The molecule has 3 fully saturated rings. The van der Waals surface area contributed by atoms with Gasteiger partial charge in [0.1, 0.15) is 11.9 Å². The van der Waals surface area contributed by atoms with Crippen molar-refractivity contribution < 1.29 is 14.3 Å². The van der Waals surface area contributed by atoms with Gasteiger partial charge in [-0.25, -0.2) is 4.79 Å². The average Bonchev–Trinajstić information content (AvgIpc) is 3.26. The topological polar surface area (TPSA) is 35.5 Å². The van der Waals surface area contributed by atoms with Crippen LogP contribution < -0.4 is 4.74 Å². The molecule has 3 nitrogen and oxygen atoms in total. The minimum absolute atomic E-state index is 0.00338. The Labute approximate surface area is 238 Å². The molecule has 0 N–H and O–H groups in total. The van der Waals surface area contributed by atoms with Gasteiger partial charge < -0.3 is 9.47 Å². The average molecular weight is 535 g/mol.